The molecule has 0 aliphatic carbocycles. The third kappa shape index (κ3) is 3.16. The van der Waals surface area contributed by atoms with Crippen LogP contribution >= 0.6 is 0 Å². The summed E-state index contributed by atoms with van der Waals surface area (Å²) in [7, 11) is 0. The molecule has 0 aromatic heterocycles. The van der Waals surface area contributed by atoms with Crippen molar-refractivity contribution < 1.29 is 4.39 Å². The SMILES string of the molecule is C.FCCN1CCCCC1. The highest BCUT2D eigenvalue weighted by Crippen LogP contribution is 2.07. The number of hydrogen-bond donors (Lipinski definition) is 0. The Morgan fingerprint density at radius 2 is 1.70 bits per heavy atom. The molecule has 0 atom stereocenters. The van der Waals surface area contributed by atoms with Gasteiger partial charge in [-0.15, -0.1) is 0 Å². The van der Waals surface area contributed by atoms with Crippen molar-refractivity contribution in [2.75, 3.05) is 26.3 Å². The van der Waals surface area contributed by atoms with Gasteiger partial charge in [0.05, 0.1) is 0 Å². The van der Waals surface area contributed by atoms with E-state index in [-0.39, 0.29) is 14.1 Å². The third-order valence-electron chi connectivity index (χ3n) is 1.85. The molecule has 0 saturated carbocycles. The minimum atomic E-state index is -0.181. The van der Waals surface area contributed by atoms with Gasteiger partial charge in [-0.2, -0.15) is 0 Å². The summed E-state index contributed by atoms with van der Waals surface area (Å²) in [6, 6.07) is 0. The molecule has 1 rings (SSSR count). The van der Waals surface area contributed by atoms with Crippen LogP contribution in [0.2, 0.25) is 0 Å². The Balaban J connectivity index is 0.000000810. The van der Waals surface area contributed by atoms with Gasteiger partial charge in [0, 0.05) is 6.54 Å². The average Bonchev–Trinajstić information content (AvgIpc) is 1.91. The smallest absolute Gasteiger partial charge is 0.102 e. The molecule has 2 heteroatoms. The van der Waals surface area contributed by atoms with E-state index in [1.807, 2.05) is 0 Å². The predicted octanol–water partition coefficient (Wildman–Crippen LogP) is 2.08. The van der Waals surface area contributed by atoms with Crippen molar-refractivity contribution in [3.8, 4) is 0 Å². The zero-order valence-electron chi connectivity index (χ0n) is 5.77. The summed E-state index contributed by atoms with van der Waals surface area (Å²) < 4.78 is 11.7. The summed E-state index contributed by atoms with van der Waals surface area (Å²) in [5, 5.41) is 0. The molecule has 1 heterocycles. The summed E-state index contributed by atoms with van der Waals surface area (Å²) in [4.78, 5) is 2.20. The fourth-order valence-corrected chi connectivity index (χ4v) is 1.30. The quantitative estimate of drug-likeness (QED) is 0.578. The molecule has 1 nitrogen and oxygen atoms in total. The standard InChI is InChI=1S/C7H14FN.CH4/c8-4-7-9-5-2-1-3-6-9;/h1-7H2;1H4. The zero-order valence-corrected chi connectivity index (χ0v) is 5.77. The van der Waals surface area contributed by atoms with Gasteiger partial charge in [-0.25, -0.2) is 4.39 Å². The summed E-state index contributed by atoms with van der Waals surface area (Å²) in [5.41, 5.74) is 0. The Hall–Kier alpha value is -0.110. The second kappa shape index (κ2) is 5.66. The predicted molar refractivity (Wildman–Crippen MR) is 43.0 cm³/mol. The Bertz CT molecular complexity index is 66.9. The third-order valence-corrected chi connectivity index (χ3v) is 1.85. The van der Waals surface area contributed by atoms with E-state index in [0.717, 1.165) is 13.1 Å². The van der Waals surface area contributed by atoms with Crippen LogP contribution in [0.5, 0.6) is 0 Å². The van der Waals surface area contributed by atoms with Gasteiger partial charge in [0.2, 0.25) is 0 Å². The minimum absolute atomic E-state index is 0. The maximum absolute atomic E-state index is 11.7. The highest BCUT2D eigenvalue weighted by molar-refractivity contribution is 4.63. The summed E-state index contributed by atoms with van der Waals surface area (Å²) in [6.45, 7) is 2.70. The second-order valence-corrected chi connectivity index (χ2v) is 2.59. The van der Waals surface area contributed by atoms with Crippen LogP contribution in [-0.2, 0) is 0 Å². The highest BCUT2D eigenvalue weighted by atomic mass is 19.1. The highest BCUT2D eigenvalue weighted by Gasteiger charge is 2.07. The Labute approximate surface area is 63.2 Å². The van der Waals surface area contributed by atoms with E-state index in [9.17, 15) is 4.39 Å². The molecular weight excluding hydrogens is 129 g/mol. The van der Waals surface area contributed by atoms with E-state index >= 15 is 0 Å². The van der Waals surface area contributed by atoms with Gasteiger partial charge in [0.1, 0.15) is 6.67 Å². The van der Waals surface area contributed by atoms with E-state index < -0.39 is 0 Å². The van der Waals surface area contributed by atoms with Crippen molar-refractivity contribution in [1.82, 2.24) is 4.90 Å². The number of alkyl halides is 1. The molecule has 1 aliphatic heterocycles. The van der Waals surface area contributed by atoms with Gasteiger partial charge >= 0.3 is 0 Å². The van der Waals surface area contributed by atoms with Crippen LogP contribution in [0.1, 0.15) is 26.7 Å². The van der Waals surface area contributed by atoms with Crippen LogP contribution in [-0.4, -0.2) is 31.2 Å². The van der Waals surface area contributed by atoms with Gasteiger partial charge in [0.25, 0.3) is 0 Å². The maximum Gasteiger partial charge on any atom is 0.102 e. The average molecular weight is 147 g/mol. The molecule has 0 bridgehead atoms. The van der Waals surface area contributed by atoms with Crippen molar-refractivity contribution >= 4 is 0 Å². The molecule has 0 spiro atoms. The number of piperidine rings is 1. The normalized spacial score (nSPS) is 20.1. The first-order chi connectivity index (χ1) is 4.43. The minimum Gasteiger partial charge on any atom is -0.301 e. The molecule has 0 aromatic carbocycles. The van der Waals surface area contributed by atoms with Crippen LogP contribution in [0.15, 0.2) is 0 Å². The van der Waals surface area contributed by atoms with E-state index in [2.05, 4.69) is 4.90 Å². The number of nitrogens with zero attached hydrogens (tertiary/aromatic N) is 1. The monoisotopic (exact) mass is 147 g/mol. The van der Waals surface area contributed by atoms with Crippen molar-refractivity contribution in [1.29, 1.82) is 0 Å². The lowest BCUT2D eigenvalue weighted by Gasteiger charge is -2.24. The lowest BCUT2D eigenvalue weighted by atomic mass is 10.1. The number of rotatable bonds is 2. The first-order valence-electron chi connectivity index (χ1n) is 3.72. The van der Waals surface area contributed by atoms with Crippen LogP contribution in [0.25, 0.3) is 0 Å². The molecule has 0 amide bonds. The Kier molecular flexibility index (Phi) is 5.60. The van der Waals surface area contributed by atoms with Gasteiger partial charge in [-0.1, -0.05) is 13.8 Å². The Morgan fingerprint density at radius 1 is 1.10 bits per heavy atom. The molecule has 10 heavy (non-hydrogen) atoms. The second-order valence-electron chi connectivity index (χ2n) is 2.59. The lowest BCUT2D eigenvalue weighted by molar-refractivity contribution is 0.211. The molecule has 1 saturated heterocycles. The molecule has 0 unspecified atom stereocenters. The molecule has 0 aromatic rings. The fraction of sp³-hybridized carbons (Fsp3) is 1.00. The molecular formula is C8H18FN. The van der Waals surface area contributed by atoms with Gasteiger partial charge < -0.3 is 4.90 Å². The van der Waals surface area contributed by atoms with Crippen molar-refractivity contribution in [2.45, 2.75) is 26.7 Å². The molecule has 0 N–H and O–H groups in total. The lowest BCUT2D eigenvalue weighted by Crippen LogP contribution is -2.31. The molecule has 0 radical (unpaired) electrons. The van der Waals surface area contributed by atoms with Crippen molar-refractivity contribution in [3.63, 3.8) is 0 Å². The Morgan fingerprint density at radius 3 is 2.20 bits per heavy atom. The van der Waals surface area contributed by atoms with E-state index in [1.54, 1.807) is 0 Å². The summed E-state index contributed by atoms with van der Waals surface area (Å²) >= 11 is 0. The van der Waals surface area contributed by atoms with Gasteiger partial charge in [-0.05, 0) is 25.9 Å². The van der Waals surface area contributed by atoms with Crippen LogP contribution < -0.4 is 0 Å². The van der Waals surface area contributed by atoms with Crippen LogP contribution in [0, 0.1) is 0 Å². The topological polar surface area (TPSA) is 3.24 Å². The maximum atomic E-state index is 11.7. The van der Waals surface area contributed by atoms with Crippen LogP contribution in [0.4, 0.5) is 4.39 Å². The van der Waals surface area contributed by atoms with Gasteiger partial charge in [0.15, 0.2) is 0 Å². The number of hydrogen-bond acceptors (Lipinski definition) is 1. The summed E-state index contributed by atoms with van der Waals surface area (Å²) in [6.07, 6.45) is 3.86. The van der Waals surface area contributed by atoms with E-state index in [1.165, 1.54) is 19.3 Å². The summed E-state index contributed by atoms with van der Waals surface area (Å²) in [5.74, 6) is 0. The van der Waals surface area contributed by atoms with E-state index in [0.29, 0.717) is 6.54 Å². The molecule has 62 valence electrons. The first-order valence-corrected chi connectivity index (χ1v) is 3.72. The van der Waals surface area contributed by atoms with Gasteiger partial charge in [-0.3, -0.25) is 0 Å². The number of halogens is 1. The number of likely N-dealkylation sites (tertiary alicyclic amines) is 1. The van der Waals surface area contributed by atoms with Crippen molar-refractivity contribution in [2.24, 2.45) is 0 Å². The fourth-order valence-electron chi connectivity index (χ4n) is 1.30. The zero-order chi connectivity index (χ0) is 6.53. The molecule has 1 aliphatic rings. The van der Waals surface area contributed by atoms with E-state index in [4.69, 9.17) is 0 Å². The first kappa shape index (κ1) is 9.89. The van der Waals surface area contributed by atoms with Crippen molar-refractivity contribution in [3.05, 3.63) is 0 Å². The van der Waals surface area contributed by atoms with Crippen LogP contribution in [0.3, 0.4) is 0 Å². The largest absolute Gasteiger partial charge is 0.301 e. The molecule has 1 fully saturated rings.